The van der Waals surface area contributed by atoms with Crippen molar-refractivity contribution in [3.05, 3.63) is 45.1 Å². The molecule has 13 heteroatoms. The van der Waals surface area contributed by atoms with Gasteiger partial charge in [-0.3, -0.25) is 13.9 Å². The Morgan fingerprint density at radius 3 is 2.56 bits per heavy atom. The van der Waals surface area contributed by atoms with Gasteiger partial charge in [0.15, 0.2) is 0 Å². The van der Waals surface area contributed by atoms with E-state index < -0.39 is 29.7 Å². The van der Waals surface area contributed by atoms with Crippen LogP contribution in [0, 0.1) is 0 Å². The van der Waals surface area contributed by atoms with Crippen molar-refractivity contribution in [3.8, 4) is 11.5 Å². The van der Waals surface area contributed by atoms with Crippen LogP contribution in [-0.4, -0.2) is 53.8 Å². The SMILES string of the molecule is COCCN1c2c(n(C)c(=O)n(CCCO)c2=O)NC1Oc1cccc(OC(F)(F)F)c1. The molecule has 32 heavy (non-hydrogen) atoms. The molecule has 10 nitrogen and oxygen atoms in total. The van der Waals surface area contributed by atoms with Crippen molar-refractivity contribution >= 4 is 11.5 Å². The number of rotatable bonds is 9. The van der Waals surface area contributed by atoms with E-state index in [-0.39, 0.29) is 50.0 Å². The van der Waals surface area contributed by atoms with Crippen molar-refractivity contribution in [2.45, 2.75) is 25.7 Å². The van der Waals surface area contributed by atoms with Crippen LogP contribution in [0.25, 0.3) is 0 Å². The molecular weight excluding hydrogens is 437 g/mol. The van der Waals surface area contributed by atoms with Crippen molar-refractivity contribution < 1.29 is 32.5 Å². The molecule has 2 heterocycles. The lowest BCUT2D eigenvalue weighted by Crippen LogP contribution is -2.45. The summed E-state index contributed by atoms with van der Waals surface area (Å²) in [6.45, 7) is 0.223. The standard InChI is InChI=1S/C19H23F3N4O6/c1-24-15-14(16(28)26(18(24)29)7-4-9-27)25(8-10-30-2)17(23-15)31-12-5-3-6-13(11-12)32-19(20,21)22/h3,5-6,11,17,23,27H,4,7-10H2,1-2H3. The number of halogens is 3. The van der Waals surface area contributed by atoms with E-state index >= 15 is 0 Å². The van der Waals surface area contributed by atoms with Crippen LogP contribution >= 0.6 is 0 Å². The Morgan fingerprint density at radius 1 is 1.19 bits per heavy atom. The van der Waals surface area contributed by atoms with Gasteiger partial charge in [0.2, 0.25) is 0 Å². The molecular formula is C19H23F3N4O6. The Labute approximate surface area is 180 Å². The maximum Gasteiger partial charge on any atom is 0.573 e. The summed E-state index contributed by atoms with van der Waals surface area (Å²) in [4.78, 5) is 27.2. The molecule has 0 bridgehead atoms. The molecule has 1 aliphatic rings. The second-order valence-corrected chi connectivity index (χ2v) is 6.90. The molecule has 3 rings (SSSR count). The topological polar surface area (TPSA) is 107 Å². The van der Waals surface area contributed by atoms with Crippen LogP contribution in [-0.2, 0) is 18.3 Å². The number of nitrogens with zero attached hydrogens (tertiary/aromatic N) is 3. The fourth-order valence-corrected chi connectivity index (χ4v) is 3.30. The minimum Gasteiger partial charge on any atom is -0.452 e. The number of alkyl halides is 3. The highest BCUT2D eigenvalue weighted by Gasteiger charge is 2.36. The van der Waals surface area contributed by atoms with E-state index in [2.05, 4.69) is 10.1 Å². The summed E-state index contributed by atoms with van der Waals surface area (Å²) in [5.41, 5.74) is -1.02. The number of aromatic nitrogens is 2. The summed E-state index contributed by atoms with van der Waals surface area (Å²) in [6, 6.07) is 4.95. The smallest absolute Gasteiger partial charge is 0.452 e. The second kappa shape index (κ2) is 9.53. The van der Waals surface area contributed by atoms with Crippen molar-refractivity contribution in [1.82, 2.24) is 9.13 Å². The average molecular weight is 460 g/mol. The zero-order valence-electron chi connectivity index (χ0n) is 17.4. The zero-order valence-corrected chi connectivity index (χ0v) is 17.4. The van der Waals surface area contributed by atoms with Gasteiger partial charge in [0.25, 0.3) is 11.9 Å². The van der Waals surface area contributed by atoms with E-state index in [9.17, 15) is 22.8 Å². The highest BCUT2D eigenvalue weighted by Crippen LogP contribution is 2.32. The van der Waals surface area contributed by atoms with Crippen molar-refractivity contribution in [2.75, 3.05) is 37.1 Å². The normalized spacial score (nSPS) is 15.4. The van der Waals surface area contributed by atoms with E-state index in [4.69, 9.17) is 14.6 Å². The van der Waals surface area contributed by atoms with E-state index in [0.717, 1.165) is 16.7 Å². The Bertz CT molecular complexity index is 1070. The summed E-state index contributed by atoms with van der Waals surface area (Å²) < 4.78 is 54.7. The Hall–Kier alpha value is -3.19. The first kappa shape index (κ1) is 23.5. The van der Waals surface area contributed by atoms with Gasteiger partial charge in [-0.1, -0.05) is 6.07 Å². The predicted molar refractivity (Wildman–Crippen MR) is 108 cm³/mol. The number of benzene rings is 1. The molecule has 0 amide bonds. The van der Waals surface area contributed by atoms with Gasteiger partial charge in [-0.25, -0.2) is 4.79 Å². The number of ether oxygens (including phenoxy) is 3. The van der Waals surface area contributed by atoms with Crippen molar-refractivity contribution in [2.24, 2.45) is 7.05 Å². The Balaban J connectivity index is 1.96. The molecule has 2 N–H and O–H groups in total. The average Bonchev–Trinajstić information content (AvgIpc) is 3.08. The summed E-state index contributed by atoms with van der Waals surface area (Å²) >= 11 is 0. The number of aliphatic hydroxyl groups excluding tert-OH is 1. The van der Waals surface area contributed by atoms with Crippen LogP contribution in [0.15, 0.2) is 33.9 Å². The fourth-order valence-electron chi connectivity index (χ4n) is 3.30. The molecule has 0 saturated heterocycles. The van der Waals surface area contributed by atoms with Crippen LogP contribution in [0.1, 0.15) is 6.42 Å². The van der Waals surface area contributed by atoms with E-state index in [1.165, 1.54) is 35.8 Å². The minimum atomic E-state index is -4.86. The monoisotopic (exact) mass is 460 g/mol. The number of hydrogen-bond acceptors (Lipinski definition) is 8. The van der Waals surface area contributed by atoms with Gasteiger partial charge in [0, 0.05) is 39.9 Å². The largest absolute Gasteiger partial charge is 0.573 e. The lowest BCUT2D eigenvalue weighted by Gasteiger charge is -2.26. The Kier molecular flexibility index (Phi) is 6.99. The molecule has 1 atom stereocenters. The highest BCUT2D eigenvalue weighted by atomic mass is 19.4. The van der Waals surface area contributed by atoms with Crippen LogP contribution in [0.3, 0.4) is 0 Å². The number of fused-ring (bicyclic) bond motifs is 1. The zero-order chi connectivity index (χ0) is 23.5. The fraction of sp³-hybridized carbons (Fsp3) is 0.474. The third-order valence-electron chi connectivity index (χ3n) is 4.72. The highest BCUT2D eigenvalue weighted by molar-refractivity contribution is 5.71. The van der Waals surface area contributed by atoms with Crippen molar-refractivity contribution in [1.29, 1.82) is 0 Å². The quantitative estimate of drug-likeness (QED) is 0.573. The first-order valence-electron chi connectivity index (χ1n) is 9.65. The third kappa shape index (κ3) is 4.99. The molecule has 2 aromatic rings. The van der Waals surface area contributed by atoms with Crippen LogP contribution < -0.4 is 30.9 Å². The van der Waals surface area contributed by atoms with Gasteiger partial charge in [0.1, 0.15) is 23.0 Å². The molecule has 0 fully saturated rings. The molecule has 176 valence electrons. The first-order chi connectivity index (χ1) is 15.2. The number of aliphatic hydroxyl groups is 1. The predicted octanol–water partition coefficient (Wildman–Crippen LogP) is 1.07. The summed E-state index contributed by atoms with van der Waals surface area (Å²) in [5.74, 6) is -0.221. The lowest BCUT2D eigenvalue weighted by atomic mass is 10.3. The molecule has 1 aromatic carbocycles. The maximum absolute atomic E-state index is 13.1. The molecule has 0 spiro atoms. The van der Waals surface area contributed by atoms with Crippen LogP contribution in [0.5, 0.6) is 11.5 Å². The van der Waals surface area contributed by atoms with E-state index in [1.807, 2.05) is 0 Å². The van der Waals surface area contributed by atoms with E-state index in [0.29, 0.717) is 0 Å². The molecule has 0 saturated carbocycles. The van der Waals surface area contributed by atoms with Crippen LogP contribution in [0.4, 0.5) is 24.7 Å². The van der Waals surface area contributed by atoms with Gasteiger partial charge >= 0.3 is 12.1 Å². The number of methoxy groups -OCH3 is 1. The number of hydrogen-bond donors (Lipinski definition) is 2. The third-order valence-corrected chi connectivity index (χ3v) is 4.72. The maximum atomic E-state index is 13.1. The first-order valence-corrected chi connectivity index (χ1v) is 9.65. The summed E-state index contributed by atoms with van der Waals surface area (Å²) in [6.07, 6.45) is -5.65. The lowest BCUT2D eigenvalue weighted by molar-refractivity contribution is -0.274. The van der Waals surface area contributed by atoms with Gasteiger partial charge < -0.3 is 29.5 Å². The molecule has 0 aliphatic carbocycles. The van der Waals surface area contributed by atoms with Crippen molar-refractivity contribution in [3.63, 3.8) is 0 Å². The number of anilines is 2. The number of nitrogens with one attached hydrogen (secondary N) is 1. The van der Waals surface area contributed by atoms with E-state index in [1.54, 1.807) is 0 Å². The second-order valence-electron chi connectivity index (χ2n) is 6.90. The summed E-state index contributed by atoms with van der Waals surface area (Å²) in [5, 5.41) is 12.0. The van der Waals surface area contributed by atoms with Gasteiger partial charge in [-0.05, 0) is 18.6 Å². The van der Waals surface area contributed by atoms with Gasteiger partial charge in [0.05, 0.1) is 6.61 Å². The van der Waals surface area contributed by atoms with Crippen LogP contribution in [0.2, 0.25) is 0 Å². The van der Waals surface area contributed by atoms with Gasteiger partial charge in [-0.2, -0.15) is 0 Å². The minimum absolute atomic E-state index is 0.0236. The molecule has 1 aromatic heterocycles. The Morgan fingerprint density at radius 2 is 1.91 bits per heavy atom. The summed E-state index contributed by atoms with van der Waals surface area (Å²) in [7, 11) is 2.94. The molecule has 0 radical (unpaired) electrons. The molecule has 1 aliphatic heterocycles. The van der Waals surface area contributed by atoms with Gasteiger partial charge in [-0.15, -0.1) is 13.2 Å². The molecule has 1 unspecified atom stereocenters.